The first-order chi connectivity index (χ1) is 9.12. The van der Waals surface area contributed by atoms with Crippen molar-refractivity contribution in [3.63, 3.8) is 0 Å². The van der Waals surface area contributed by atoms with Crippen molar-refractivity contribution in [2.45, 2.75) is 31.9 Å². The first kappa shape index (κ1) is 12.7. The van der Waals surface area contributed by atoms with Crippen molar-refractivity contribution < 1.29 is 19.1 Å². The molecule has 2 fully saturated rings. The molecule has 3 rings (SSSR count). The predicted molar refractivity (Wildman–Crippen MR) is 67.6 cm³/mol. The van der Waals surface area contributed by atoms with Crippen LogP contribution < -0.4 is 0 Å². The summed E-state index contributed by atoms with van der Waals surface area (Å²) in [6.07, 6.45) is 3.78. The molecular formula is C14H19NO4. The minimum atomic E-state index is -0.503. The van der Waals surface area contributed by atoms with Crippen LogP contribution in [-0.4, -0.2) is 41.3 Å². The summed E-state index contributed by atoms with van der Waals surface area (Å²) in [5, 5.41) is 10.2. The number of β-amino-alcohol motifs (C(OH)–C–C–N with tert-alkyl or cyclic N) is 1. The molecule has 0 amide bonds. The largest absolute Gasteiger partial charge is 0.467 e. The van der Waals surface area contributed by atoms with Gasteiger partial charge in [-0.25, -0.2) is 4.79 Å². The zero-order valence-electron chi connectivity index (χ0n) is 11.1. The lowest BCUT2D eigenvalue weighted by atomic mass is 9.88. The molecule has 1 aromatic rings. The van der Waals surface area contributed by atoms with E-state index in [-0.39, 0.29) is 5.97 Å². The lowest BCUT2D eigenvalue weighted by Gasteiger charge is -2.46. The summed E-state index contributed by atoms with van der Waals surface area (Å²) < 4.78 is 10.3. The van der Waals surface area contributed by atoms with Crippen molar-refractivity contribution in [1.82, 2.24) is 4.90 Å². The number of ether oxygens (including phenoxy) is 1. The van der Waals surface area contributed by atoms with Crippen LogP contribution in [0.2, 0.25) is 0 Å². The highest BCUT2D eigenvalue weighted by Gasteiger charge is 2.51. The molecule has 5 heteroatoms. The molecule has 1 saturated heterocycles. The molecule has 0 aromatic carbocycles. The van der Waals surface area contributed by atoms with Gasteiger partial charge in [-0.15, -0.1) is 0 Å². The molecule has 0 bridgehead atoms. The van der Waals surface area contributed by atoms with Crippen LogP contribution in [0.3, 0.4) is 0 Å². The topological polar surface area (TPSA) is 62.9 Å². The van der Waals surface area contributed by atoms with E-state index in [1.54, 1.807) is 13.0 Å². The Labute approximate surface area is 112 Å². The van der Waals surface area contributed by atoms with E-state index in [1.807, 2.05) is 0 Å². The van der Waals surface area contributed by atoms with Gasteiger partial charge in [-0.1, -0.05) is 0 Å². The molecule has 1 aliphatic carbocycles. The number of rotatable bonds is 5. The fraction of sp³-hybridized carbons (Fsp3) is 0.643. The van der Waals surface area contributed by atoms with Crippen LogP contribution in [0, 0.1) is 5.92 Å². The van der Waals surface area contributed by atoms with Crippen molar-refractivity contribution in [2.75, 3.05) is 19.7 Å². The zero-order valence-corrected chi connectivity index (χ0v) is 11.1. The van der Waals surface area contributed by atoms with Gasteiger partial charge in [0.2, 0.25) is 0 Å². The SMILES string of the molecule is CCOC(=O)c1ccoc1CN1CC(O)(C2CC2)C1. The summed E-state index contributed by atoms with van der Waals surface area (Å²) >= 11 is 0. The lowest BCUT2D eigenvalue weighted by molar-refractivity contribution is -0.118. The smallest absolute Gasteiger partial charge is 0.341 e. The third-order valence-corrected chi connectivity index (χ3v) is 3.94. The number of hydrogen-bond donors (Lipinski definition) is 1. The van der Waals surface area contributed by atoms with E-state index in [4.69, 9.17) is 9.15 Å². The third-order valence-electron chi connectivity index (χ3n) is 3.94. The summed E-state index contributed by atoms with van der Waals surface area (Å²) in [5.74, 6) is 0.755. The van der Waals surface area contributed by atoms with Crippen LogP contribution in [0.4, 0.5) is 0 Å². The molecule has 0 radical (unpaired) electrons. The van der Waals surface area contributed by atoms with Gasteiger partial charge in [-0.05, 0) is 31.7 Å². The Morgan fingerprint density at radius 3 is 2.95 bits per heavy atom. The standard InChI is InChI=1S/C14H19NO4/c1-2-18-13(16)11-5-6-19-12(11)7-15-8-14(17,9-15)10-3-4-10/h5-6,10,17H,2-4,7-9H2,1H3. The second kappa shape index (κ2) is 4.65. The van der Waals surface area contributed by atoms with E-state index in [0.717, 1.165) is 12.8 Å². The van der Waals surface area contributed by atoms with Crippen LogP contribution in [0.25, 0.3) is 0 Å². The number of likely N-dealkylation sites (tertiary alicyclic amines) is 1. The van der Waals surface area contributed by atoms with Crippen LogP contribution in [0.1, 0.15) is 35.9 Å². The van der Waals surface area contributed by atoms with Gasteiger partial charge < -0.3 is 14.3 Å². The molecular weight excluding hydrogens is 246 g/mol. The highest BCUT2D eigenvalue weighted by atomic mass is 16.5. The minimum absolute atomic E-state index is 0.343. The first-order valence-corrected chi connectivity index (χ1v) is 6.80. The Bertz CT molecular complexity index is 472. The molecule has 1 N–H and O–H groups in total. The minimum Gasteiger partial charge on any atom is -0.467 e. The van der Waals surface area contributed by atoms with E-state index < -0.39 is 5.60 Å². The van der Waals surface area contributed by atoms with Crippen LogP contribution in [0.15, 0.2) is 16.7 Å². The normalized spacial score (nSPS) is 22.0. The number of nitrogens with zero attached hydrogens (tertiary/aromatic N) is 1. The highest BCUT2D eigenvalue weighted by molar-refractivity contribution is 5.90. The molecule has 0 unspecified atom stereocenters. The van der Waals surface area contributed by atoms with Crippen LogP contribution in [0.5, 0.6) is 0 Å². The molecule has 5 nitrogen and oxygen atoms in total. The van der Waals surface area contributed by atoms with Crippen molar-refractivity contribution in [3.05, 3.63) is 23.7 Å². The second-order valence-corrected chi connectivity index (χ2v) is 5.50. The van der Waals surface area contributed by atoms with E-state index in [1.165, 1.54) is 6.26 Å². The number of esters is 1. The maximum Gasteiger partial charge on any atom is 0.341 e. The Balaban J connectivity index is 1.59. The van der Waals surface area contributed by atoms with Crippen molar-refractivity contribution in [2.24, 2.45) is 5.92 Å². The number of hydrogen-bond acceptors (Lipinski definition) is 5. The summed E-state index contributed by atoms with van der Waals surface area (Å²) in [6.45, 7) is 4.02. The van der Waals surface area contributed by atoms with Gasteiger partial charge in [0.25, 0.3) is 0 Å². The molecule has 2 heterocycles. The quantitative estimate of drug-likeness (QED) is 0.816. The Morgan fingerprint density at radius 1 is 1.58 bits per heavy atom. The highest BCUT2D eigenvalue weighted by Crippen LogP contribution is 2.44. The molecule has 19 heavy (non-hydrogen) atoms. The van der Waals surface area contributed by atoms with Gasteiger partial charge in [0, 0.05) is 13.1 Å². The zero-order chi connectivity index (χ0) is 13.5. The second-order valence-electron chi connectivity index (χ2n) is 5.50. The Kier molecular flexibility index (Phi) is 3.11. The summed E-state index contributed by atoms with van der Waals surface area (Å²) in [6, 6.07) is 1.64. The Morgan fingerprint density at radius 2 is 2.32 bits per heavy atom. The number of aliphatic hydroxyl groups is 1. The van der Waals surface area contributed by atoms with Crippen molar-refractivity contribution in [1.29, 1.82) is 0 Å². The predicted octanol–water partition coefficient (Wildman–Crippen LogP) is 1.41. The van der Waals surface area contributed by atoms with E-state index in [9.17, 15) is 9.90 Å². The first-order valence-electron chi connectivity index (χ1n) is 6.80. The van der Waals surface area contributed by atoms with Gasteiger partial charge in [0.15, 0.2) is 0 Å². The average molecular weight is 265 g/mol. The number of carbonyl (C=O) groups excluding carboxylic acids is 1. The number of carbonyl (C=O) groups is 1. The van der Waals surface area contributed by atoms with E-state index in [2.05, 4.69) is 4.90 Å². The molecule has 0 atom stereocenters. The maximum atomic E-state index is 11.7. The molecule has 1 aliphatic heterocycles. The fourth-order valence-corrected chi connectivity index (χ4v) is 2.78. The third kappa shape index (κ3) is 2.40. The maximum absolute atomic E-state index is 11.7. The van der Waals surface area contributed by atoms with Gasteiger partial charge in [0.1, 0.15) is 11.3 Å². The van der Waals surface area contributed by atoms with Crippen molar-refractivity contribution >= 4 is 5.97 Å². The molecule has 1 saturated carbocycles. The van der Waals surface area contributed by atoms with E-state index >= 15 is 0 Å². The van der Waals surface area contributed by atoms with E-state index in [0.29, 0.717) is 43.5 Å². The van der Waals surface area contributed by atoms with Gasteiger partial charge in [-0.3, -0.25) is 4.90 Å². The lowest BCUT2D eigenvalue weighted by Crippen LogP contribution is -2.62. The molecule has 2 aliphatic rings. The Hall–Kier alpha value is -1.33. The molecule has 104 valence electrons. The monoisotopic (exact) mass is 265 g/mol. The van der Waals surface area contributed by atoms with Crippen LogP contribution in [-0.2, 0) is 11.3 Å². The van der Waals surface area contributed by atoms with Gasteiger partial charge in [0.05, 0.1) is 25.0 Å². The molecule has 1 aromatic heterocycles. The summed E-state index contributed by atoms with van der Waals surface area (Å²) in [7, 11) is 0. The fourth-order valence-electron chi connectivity index (χ4n) is 2.78. The number of furan rings is 1. The molecule has 0 spiro atoms. The van der Waals surface area contributed by atoms with Gasteiger partial charge >= 0.3 is 5.97 Å². The summed E-state index contributed by atoms with van der Waals surface area (Å²) in [4.78, 5) is 13.8. The van der Waals surface area contributed by atoms with Crippen molar-refractivity contribution in [3.8, 4) is 0 Å². The average Bonchev–Trinajstić information content (AvgIpc) is 3.08. The summed E-state index contributed by atoms with van der Waals surface area (Å²) in [5.41, 5.74) is -0.0137. The van der Waals surface area contributed by atoms with Gasteiger partial charge in [-0.2, -0.15) is 0 Å². The van der Waals surface area contributed by atoms with Crippen LogP contribution >= 0.6 is 0 Å².